The van der Waals surface area contributed by atoms with Gasteiger partial charge in [-0.15, -0.1) is 0 Å². The largest absolute Gasteiger partial charge is 0.341 e. The molecule has 1 saturated heterocycles. The van der Waals surface area contributed by atoms with E-state index in [1.54, 1.807) is 29.2 Å². The van der Waals surface area contributed by atoms with Gasteiger partial charge >= 0.3 is 0 Å². The molecule has 2 aromatic carbocycles. The highest BCUT2D eigenvalue weighted by Crippen LogP contribution is 2.30. The first-order valence-electron chi connectivity index (χ1n) is 10.7. The third-order valence-electron chi connectivity index (χ3n) is 5.97. The van der Waals surface area contributed by atoms with Gasteiger partial charge in [0, 0.05) is 38.7 Å². The molecule has 0 spiro atoms. The zero-order valence-corrected chi connectivity index (χ0v) is 18.3. The minimum atomic E-state index is -0.569. The third-order valence-corrected chi connectivity index (χ3v) is 6.30. The van der Waals surface area contributed by atoms with Crippen molar-refractivity contribution in [2.45, 2.75) is 45.2 Å². The van der Waals surface area contributed by atoms with Crippen molar-refractivity contribution in [3.05, 3.63) is 64.2 Å². The van der Waals surface area contributed by atoms with Gasteiger partial charge in [0.05, 0.1) is 10.6 Å². The number of likely N-dealkylation sites (tertiary alicyclic amines) is 1. The lowest BCUT2D eigenvalue weighted by atomic mass is 9.91. The van der Waals surface area contributed by atoms with Gasteiger partial charge in [0.2, 0.25) is 11.8 Å². The number of anilines is 1. The van der Waals surface area contributed by atoms with E-state index in [1.807, 2.05) is 23.1 Å². The van der Waals surface area contributed by atoms with Crippen molar-refractivity contribution >= 4 is 35.0 Å². The summed E-state index contributed by atoms with van der Waals surface area (Å²) in [5, 5.41) is 3.16. The first-order valence-corrected chi connectivity index (χ1v) is 11.1. The van der Waals surface area contributed by atoms with Crippen LogP contribution in [0.25, 0.3) is 0 Å². The molecule has 2 aromatic rings. The summed E-state index contributed by atoms with van der Waals surface area (Å²) in [6.45, 7) is 3.21. The molecule has 2 heterocycles. The van der Waals surface area contributed by atoms with Gasteiger partial charge in [0.1, 0.15) is 6.04 Å². The Hall–Kier alpha value is -2.86. The molecule has 31 heavy (non-hydrogen) atoms. The molecular formula is C24H26ClN3O3. The van der Waals surface area contributed by atoms with Crippen LogP contribution in [-0.2, 0) is 22.6 Å². The molecule has 0 bridgehead atoms. The summed E-state index contributed by atoms with van der Waals surface area (Å²) in [5.74, 6) is -0.411. The summed E-state index contributed by atoms with van der Waals surface area (Å²) in [5.41, 5.74) is 3.02. The molecule has 1 fully saturated rings. The first kappa shape index (κ1) is 21.4. The number of nitrogens with zero attached hydrogens (tertiary/aromatic N) is 2. The molecule has 1 N–H and O–H groups in total. The third kappa shape index (κ3) is 4.59. The van der Waals surface area contributed by atoms with Gasteiger partial charge in [0.15, 0.2) is 0 Å². The van der Waals surface area contributed by atoms with E-state index in [-0.39, 0.29) is 24.3 Å². The number of rotatable bonds is 3. The summed E-state index contributed by atoms with van der Waals surface area (Å²) in [4.78, 5) is 41.9. The van der Waals surface area contributed by atoms with Gasteiger partial charge in [-0.05, 0) is 54.7 Å². The highest BCUT2D eigenvalue weighted by molar-refractivity contribution is 6.33. The van der Waals surface area contributed by atoms with Gasteiger partial charge in [-0.3, -0.25) is 14.4 Å². The fraction of sp³-hybridized carbons (Fsp3) is 0.375. The number of carbonyl (C=O) groups is 3. The smallest absolute Gasteiger partial charge is 0.256 e. The molecule has 7 heteroatoms. The highest BCUT2D eigenvalue weighted by atomic mass is 35.5. The standard InChI is InChI=1S/C24H26ClN3O3/c1-16(29)26-19-10-9-17-14-22(24(31)27-11-5-2-6-12-27)28(15-18(17)13-19)23(30)20-7-3-4-8-21(20)25/h3-4,7-10,13,22H,2,5-6,11-12,14-15H2,1H3,(H,26,29)/t22-/m0/s1. The Morgan fingerprint density at radius 3 is 2.45 bits per heavy atom. The van der Waals surface area contributed by atoms with Crippen LogP contribution in [0.5, 0.6) is 0 Å². The average molecular weight is 440 g/mol. The molecule has 0 aliphatic carbocycles. The van der Waals surface area contributed by atoms with Gasteiger partial charge in [-0.2, -0.15) is 0 Å². The number of piperidine rings is 1. The van der Waals surface area contributed by atoms with E-state index >= 15 is 0 Å². The van der Waals surface area contributed by atoms with Crippen molar-refractivity contribution in [3.8, 4) is 0 Å². The summed E-state index contributed by atoms with van der Waals surface area (Å²) in [7, 11) is 0. The van der Waals surface area contributed by atoms with E-state index in [4.69, 9.17) is 11.6 Å². The number of hydrogen-bond acceptors (Lipinski definition) is 3. The molecular weight excluding hydrogens is 414 g/mol. The maximum atomic E-state index is 13.5. The molecule has 2 aliphatic heterocycles. The van der Waals surface area contributed by atoms with Crippen molar-refractivity contribution < 1.29 is 14.4 Å². The van der Waals surface area contributed by atoms with Gasteiger partial charge in [-0.1, -0.05) is 29.8 Å². The van der Waals surface area contributed by atoms with Crippen molar-refractivity contribution in [3.63, 3.8) is 0 Å². The van der Waals surface area contributed by atoms with Crippen LogP contribution in [0.1, 0.15) is 47.7 Å². The minimum Gasteiger partial charge on any atom is -0.341 e. The second-order valence-electron chi connectivity index (χ2n) is 8.18. The Morgan fingerprint density at radius 1 is 1.00 bits per heavy atom. The van der Waals surface area contributed by atoms with Crippen molar-refractivity contribution in [2.75, 3.05) is 18.4 Å². The maximum absolute atomic E-state index is 13.5. The molecule has 3 amide bonds. The lowest BCUT2D eigenvalue weighted by Crippen LogP contribution is -2.54. The molecule has 0 radical (unpaired) electrons. The number of nitrogens with one attached hydrogen (secondary N) is 1. The topological polar surface area (TPSA) is 69.7 Å². The second kappa shape index (κ2) is 9.10. The second-order valence-corrected chi connectivity index (χ2v) is 8.59. The van der Waals surface area contributed by atoms with Crippen LogP contribution in [0.4, 0.5) is 5.69 Å². The van der Waals surface area contributed by atoms with Crippen LogP contribution in [-0.4, -0.2) is 46.7 Å². The fourth-order valence-corrected chi connectivity index (χ4v) is 4.63. The Kier molecular flexibility index (Phi) is 6.28. The number of benzene rings is 2. The van der Waals surface area contributed by atoms with Crippen molar-refractivity contribution in [1.82, 2.24) is 9.80 Å². The molecule has 0 saturated carbocycles. The zero-order valence-electron chi connectivity index (χ0n) is 17.6. The lowest BCUT2D eigenvalue weighted by Gasteiger charge is -2.40. The summed E-state index contributed by atoms with van der Waals surface area (Å²) >= 11 is 6.31. The van der Waals surface area contributed by atoms with E-state index in [9.17, 15) is 14.4 Å². The molecule has 2 aliphatic rings. The highest BCUT2D eigenvalue weighted by Gasteiger charge is 2.38. The first-order chi connectivity index (χ1) is 14.9. The monoisotopic (exact) mass is 439 g/mol. The van der Waals surface area contributed by atoms with Crippen LogP contribution in [0.15, 0.2) is 42.5 Å². The predicted molar refractivity (Wildman–Crippen MR) is 120 cm³/mol. The molecule has 0 aromatic heterocycles. The van der Waals surface area contributed by atoms with Crippen molar-refractivity contribution in [1.29, 1.82) is 0 Å². The normalized spacial score (nSPS) is 18.3. The van der Waals surface area contributed by atoms with Gasteiger partial charge in [-0.25, -0.2) is 0 Å². The molecule has 6 nitrogen and oxygen atoms in total. The number of amides is 3. The number of halogens is 1. The average Bonchev–Trinajstić information content (AvgIpc) is 2.78. The Balaban J connectivity index is 1.69. The fourth-order valence-electron chi connectivity index (χ4n) is 4.41. The Morgan fingerprint density at radius 2 is 1.74 bits per heavy atom. The summed E-state index contributed by atoms with van der Waals surface area (Å²) < 4.78 is 0. The van der Waals surface area contributed by atoms with E-state index in [0.29, 0.717) is 22.7 Å². The zero-order chi connectivity index (χ0) is 22.0. The lowest BCUT2D eigenvalue weighted by molar-refractivity contribution is -0.137. The van der Waals surface area contributed by atoms with Crippen LogP contribution in [0.3, 0.4) is 0 Å². The van der Waals surface area contributed by atoms with Gasteiger partial charge in [0.25, 0.3) is 5.91 Å². The van der Waals surface area contributed by atoms with Crippen LogP contribution < -0.4 is 5.32 Å². The summed E-state index contributed by atoms with van der Waals surface area (Å²) in [6, 6.07) is 12.0. The van der Waals surface area contributed by atoms with E-state index in [1.165, 1.54) is 6.92 Å². The number of carbonyl (C=O) groups excluding carboxylic acids is 3. The Labute approximate surface area is 187 Å². The number of hydrogen-bond donors (Lipinski definition) is 1. The Bertz CT molecular complexity index is 1020. The van der Waals surface area contributed by atoms with E-state index in [0.717, 1.165) is 43.5 Å². The van der Waals surface area contributed by atoms with E-state index < -0.39 is 6.04 Å². The molecule has 0 unspecified atom stereocenters. The predicted octanol–water partition coefficient (Wildman–Crippen LogP) is 3.88. The quantitative estimate of drug-likeness (QED) is 0.789. The molecule has 1 atom stereocenters. The van der Waals surface area contributed by atoms with Crippen LogP contribution in [0.2, 0.25) is 5.02 Å². The summed E-state index contributed by atoms with van der Waals surface area (Å²) in [6.07, 6.45) is 3.56. The SMILES string of the molecule is CC(=O)Nc1ccc2c(c1)CN(C(=O)c1ccccc1Cl)[C@H](C(=O)N1CCCCC1)C2. The molecule has 162 valence electrons. The van der Waals surface area contributed by atoms with Crippen LogP contribution >= 0.6 is 11.6 Å². The van der Waals surface area contributed by atoms with Crippen LogP contribution in [0, 0.1) is 0 Å². The number of fused-ring (bicyclic) bond motifs is 1. The minimum absolute atomic E-state index is 0.00306. The van der Waals surface area contributed by atoms with E-state index in [2.05, 4.69) is 5.32 Å². The maximum Gasteiger partial charge on any atom is 0.256 e. The molecule has 4 rings (SSSR count). The van der Waals surface area contributed by atoms with Crippen molar-refractivity contribution in [2.24, 2.45) is 0 Å². The van der Waals surface area contributed by atoms with Gasteiger partial charge < -0.3 is 15.1 Å².